The van der Waals surface area contributed by atoms with Crippen LogP contribution in [0.5, 0.6) is 0 Å². The Bertz CT molecular complexity index is 404. The summed E-state index contributed by atoms with van der Waals surface area (Å²) in [4.78, 5) is 3.85. The predicted octanol–water partition coefficient (Wildman–Crippen LogP) is 4.01. The summed E-state index contributed by atoms with van der Waals surface area (Å²) in [7, 11) is 15.2. The Morgan fingerprint density at radius 1 is 0.846 bits per heavy atom. The van der Waals surface area contributed by atoms with E-state index < -0.39 is 10.8 Å². The second kappa shape index (κ2) is 16.8. The van der Waals surface area contributed by atoms with Crippen LogP contribution in [0.3, 0.4) is 0 Å². The summed E-state index contributed by atoms with van der Waals surface area (Å²) in [6, 6.07) is 3.94. The SMILES string of the molecule is CC1CC[N-]CC1.CC1CC[N-]CC1.Cc1ccncc1.[ClH+][Ru]([ClH+])([ClH+])[ClH+].[H+]. The Balaban J connectivity index is 0. The number of halogens is 4. The Labute approximate surface area is 180 Å². The van der Waals surface area contributed by atoms with E-state index in [2.05, 4.69) is 68.2 Å². The molecular formula is C18H36Cl4N3Ru+3. The van der Waals surface area contributed by atoms with Crippen LogP contribution in [-0.2, 0) is 10.8 Å². The van der Waals surface area contributed by atoms with Crippen molar-refractivity contribution in [2.24, 2.45) is 11.8 Å². The van der Waals surface area contributed by atoms with Gasteiger partial charge in [-0.15, -0.1) is 26.2 Å². The molecule has 0 amide bonds. The molecule has 2 aliphatic heterocycles. The number of piperidine rings is 2. The van der Waals surface area contributed by atoms with E-state index in [1.54, 1.807) is 12.4 Å². The van der Waals surface area contributed by atoms with Crippen LogP contribution in [0.4, 0.5) is 0 Å². The third-order valence-corrected chi connectivity index (χ3v) is 3.97. The van der Waals surface area contributed by atoms with Gasteiger partial charge in [-0.25, -0.2) is 0 Å². The number of hydrogen-bond acceptors (Lipinski definition) is 1. The van der Waals surface area contributed by atoms with Crippen LogP contribution in [0.2, 0.25) is 0 Å². The quantitative estimate of drug-likeness (QED) is 0.462. The van der Waals surface area contributed by atoms with Gasteiger partial charge in [-0.3, -0.25) is 4.98 Å². The largest absolute Gasteiger partial charge is 1.00 e. The summed E-state index contributed by atoms with van der Waals surface area (Å²) >= 11 is 0. The van der Waals surface area contributed by atoms with Crippen LogP contribution in [-0.4, -0.2) is 31.2 Å². The first-order chi connectivity index (χ1) is 12.2. The zero-order valence-electron chi connectivity index (χ0n) is 16.9. The minimum atomic E-state index is -2.53. The molecule has 1 aromatic rings. The zero-order chi connectivity index (χ0) is 19.8. The van der Waals surface area contributed by atoms with Crippen LogP contribution < -0.4 is 0 Å². The van der Waals surface area contributed by atoms with Gasteiger partial charge in [0, 0.05) is 12.4 Å². The number of nitrogens with zero attached hydrogens (tertiary/aromatic N) is 3. The predicted molar refractivity (Wildman–Crippen MR) is 98.6 cm³/mol. The maximum Gasteiger partial charge on any atom is 1.00 e. The molecule has 26 heavy (non-hydrogen) atoms. The third kappa shape index (κ3) is 22.9. The van der Waals surface area contributed by atoms with Crippen molar-refractivity contribution in [2.45, 2.75) is 46.5 Å². The van der Waals surface area contributed by atoms with Gasteiger partial charge in [0.15, 0.2) is 0 Å². The molecule has 3 heterocycles. The van der Waals surface area contributed by atoms with Crippen molar-refractivity contribution >= 4 is 0 Å². The summed E-state index contributed by atoms with van der Waals surface area (Å²) in [5, 5.41) is 8.46. The fraction of sp³-hybridized carbons (Fsp3) is 0.722. The van der Waals surface area contributed by atoms with E-state index in [1.165, 1.54) is 31.2 Å². The number of aryl methyl sites for hydroxylation is 1. The van der Waals surface area contributed by atoms with Gasteiger partial charge >= 0.3 is 51.0 Å². The smallest absolute Gasteiger partial charge is 1.00 e. The minimum absolute atomic E-state index is 0. The van der Waals surface area contributed by atoms with Crippen molar-refractivity contribution in [3.8, 4) is 0 Å². The molecular weight excluding hydrogens is 501 g/mol. The molecule has 3 rings (SSSR count). The maximum absolute atomic E-state index is 4.44. The number of aromatic nitrogens is 1. The molecule has 3 nitrogen and oxygen atoms in total. The maximum atomic E-state index is 4.44. The Morgan fingerprint density at radius 3 is 1.31 bits per heavy atom. The first-order valence-corrected chi connectivity index (χ1v) is 18.6. The van der Waals surface area contributed by atoms with Crippen molar-refractivity contribution in [1.82, 2.24) is 4.98 Å². The molecule has 0 bridgehead atoms. The zero-order valence-corrected chi connectivity index (χ0v) is 21.0. The summed E-state index contributed by atoms with van der Waals surface area (Å²) < 4.78 is 0. The molecule has 2 fully saturated rings. The van der Waals surface area contributed by atoms with Gasteiger partial charge in [0.25, 0.3) is 0 Å². The summed E-state index contributed by atoms with van der Waals surface area (Å²) in [5.74, 6) is 1.88. The number of hydrogen-bond donors (Lipinski definition) is 0. The van der Waals surface area contributed by atoms with Gasteiger partial charge < -0.3 is 10.6 Å². The van der Waals surface area contributed by atoms with E-state index in [-0.39, 0.29) is 1.43 Å². The summed E-state index contributed by atoms with van der Waals surface area (Å²) in [6.45, 7) is 11.1. The normalized spacial score (nSPS) is 18.9. The van der Waals surface area contributed by atoms with E-state index in [0.29, 0.717) is 0 Å². The van der Waals surface area contributed by atoms with Crippen LogP contribution in [0.15, 0.2) is 24.5 Å². The van der Waals surface area contributed by atoms with Crippen LogP contribution in [0, 0.1) is 57.5 Å². The average Bonchev–Trinajstić information content (AvgIpc) is 2.57. The molecule has 0 saturated carbocycles. The van der Waals surface area contributed by atoms with E-state index in [4.69, 9.17) is 0 Å². The monoisotopic (exact) mass is 536 g/mol. The van der Waals surface area contributed by atoms with Gasteiger partial charge in [-0.1, -0.05) is 39.5 Å². The number of pyridine rings is 1. The minimum Gasteiger partial charge on any atom is 1.00 e. The Morgan fingerprint density at radius 2 is 1.15 bits per heavy atom. The van der Waals surface area contributed by atoms with E-state index >= 15 is 0 Å². The van der Waals surface area contributed by atoms with Crippen LogP contribution in [0.25, 0.3) is 10.6 Å². The van der Waals surface area contributed by atoms with E-state index in [1.807, 2.05) is 19.1 Å². The molecule has 2 saturated heterocycles. The van der Waals surface area contributed by atoms with Gasteiger partial charge in [0.2, 0.25) is 0 Å². The van der Waals surface area contributed by atoms with Crippen molar-refractivity contribution in [2.75, 3.05) is 26.2 Å². The average molecular weight is 537 g/mol. The third-order valence-electron chi connectivity index (χ3n) is 3.97. The Kier molecular flexibility index (Phi) is 17.3. The van der Waals surface area contributed by atoms with Crippen molar-refractivity contribution in [3.05, 3.63) is 40.7 Å². The second-order valence-corrected chi connectivity index (χ2v) is 25.1. The molecule has 0 aromatic carbocycles. The first-order valence-electron chi connectivity index (χ1n) is 8.89. The van der Waals surface area contributed by atoms with Gasteiger partial charge in [0.1, 0.15) is 0 Å². The van der Waals surface area contributed by atoms with Gasteiger partial charge in [-0.2, -0.15) is 0 Å². The molecule has 0 aliphatic carbocycles. The fourth-order valence-corrected chi connectivity index (χ4v) is 2.19. The fourth-order valence-electron chi connectivity index (χ4n) is 2.19. The molecule has 2 aliphatic rings. The van der Waals surface area contributed by atoms with E-state index in [0.717, 1.165) is 38.0 Å². The van der Waals surface area contributed by atoms with Crippen LogP contribution in [0.1, 0.15) is 46.5 Å². The van der Waals surface area contributed by atoms with Crippen molar-refractivity contribution in [1.29, 1.82) is 0 Å². The van der Waals surface area contributed by atoms with Gasteiger partial charge in [-0.05, 0) is 36.5 Å². The molecule has 1 aromatic heterocycles. The summed E-state index contributed by atoms with van der Waals surface area (Å²) in [5.41, 5.74) is 1.26. The standard InChI is InChI=1S/2C6H12N.C6H7N.4ClH.Ru/c3*1-6-2-4-7-5-3-6;;;;;/h2*6H,2-5H2,1H3;2-5H,1H3;4*1H;/q2*-1;;;;;;+4/p+1. The second-order valence-electron chi connectivity index (χ2n) is 6.58. The molecule has 156 valence electrons. The topological polar surface area (TPSA) is 41.1 Å². The Hall–Kier alpha value is 0.853. The van der Waals surface area contributed by atoms with Crippen molar-refractivity contribution in [3.63, 3.8) is 0 Å². The molecule has 0 radical (unpaired) electrons. The molecule has 8 heteroatoms. The summed E-state index contributed by atoms with van der Waals surface area (Å²) in [6.07, 6.45) is 8.85. The first kappa shape index (κ1) is 26.9. The number of rotatable bonds is 0. The van der Waals surface area contributed by atoms with E-state index in [9.17, 15) is 0 Å². The molecule has 0 spiro atoms. The van der Waals surface area contributed by atoms with Crippen LogP contribution >= 0.6 is 0 Å². The molecule has 0 atom stereocenters. The molecule has 0 N–H and O–H groups in total. The van der Waals surface area contributed by atoms with Gasteiger partial charge in [0.05, 0.1) is 0 Å². The van der Waals surface area contributed by atoms with Crippen molar-refractivity contribution < 1.29 is 51.0 Å². The molecule has 0 unspecified atom stereocenters.